The summed E-state index contributed by atoms with van der Waals surface area (Å²) in [6.07, 6.45) is 1.45. The van der Waals surface area contributed by atoms with Crippen LogP contribution >= 0.6 is 23.2 Å². The highest BCUT2D eigenvalue weighted by Gasteiger charge is 2.18. The van der Waals surface area contributed by atoms with Gasteiger partial charge < -0.3 is 16.4 Å². The number of hydrogen-bond donors (Lipinski definition) is 3. The largest absolute Gasteiger partial charge is 0.393 e. The van der Waals surface area contributed by atoms with Gasteiger partial charge in [-0.2, -0.15) is 0 Å². The molecule has 0 saturated heterocycles. The van der Waals surface area contributed by atoms with E-state index in [2.05, 4.69) is 44.9 Å². The molecule has 0 unspecified atom stereocenters. The highest BCUT2D eigenvalue weighted by atomic mass is 35.5. The summed E-state index contributed by atoms with van der Waals surface area (Å²) in [5.41, 5.74) is 9.58. The van der Waals surface area contributed by atoms with Gasteiger partial charge in [-0.05, 0) is 23.3 Å². The van der Waals surface area contributed by atoms with E-state index in [4.69, 9.17) is 28.9 Å². The van der Waals surface area contributed by atoms with Gasteiger partial charge in [0.25, 0.3) is 0 Å². The van der Waals surface area contributed by atoms with Crippen LogP contribution in [0, 0.1) is 0 Å². The van der Waals surface area contributed by atoms with Crippen LogP contribution in [-0.2, 0) is 0 Å². The molecule has 5 nitrogen and oxygen atoms in total. The molecule has 1 aromatic heterocycles. The molecule has 150 valence electrons. The number of nitrogens with one attached hydrogen (secondary N) is 2. The summed E-state index contributed by atoms with van der Waals surface area (Å²) in [6, 6.07) is 25.4. The first-order valence-corrected chi connectivity index (χ1v) is 10.1. The Morgan fingerprint density at radius 3 is 1.97 bits per heavy atom. The summed E-state index contributed by atoms with van der Waals surface area (Å²) in [4.78, 5) is 8.63. The maximum atomic E-state index is 6.40. The van der Waals surface area contributed by atoms with E-state index in [9.17, 15) is 0 Å². The van der Waals surface area contributed by atoms with Gasteiger partial charge in [-0.25, -0.2) is 9.97 Å². The van der Waals surface area contributed by atoms with Crippen LogP contribution in [0.4, 0.5) is 23.0 Å². The van der Waals surface area contributed by atoms with Crippen LogP contribution in [0.5, 0.6) is 0 Å². The van der Waals surface area contributed by atoms with Crippen molar-refractivity contribution in [2.45, 2.75) is 6.04 Å². The van der Waals surface area contributed by atoms with Crippen LogP contribution < -0.4 is 16.4 Å². The number of nitrogens with zero attached hydrogens (tertiary/aromatic N) is 2. The Kier molecular flexibility index (Phi) is 6.02. The molecule has 7 heteroatoms. The normalized spacial score (nSPS) is 10.8. The van der Waals surface area contributed by atoms with E-state index in [1.807, 2.05) is 36.4 Å². The molecule has 0 aliphatic carbocycles. The number of halogens is 2. The molecule has 0 aliphatic rings. The summed E-state index contributed by atoms with van der Waals surface area (Å²) < 4.78 is 0. The Balaban J connectivity index is 1.68. The highest BCUT2D eigenvalue weighted by molar-refractivity contribution is 6.43. The van der Waals surface area contributed by atoms with E-state index in [0.717, 1.165) is 11.1 Å². The maximum Gasteiger partial charge on any atom is 0.159 e. The molecule has 3 aromatic carbocycles. The fraction of sp³-hybridized carbons (Fsp3) is 0.0435. The van der Waals surface area contributed by atoms with E-state index in [-0.39, 0.29) is 6.04 Å². The van der Waals surface area contributed by atoms with Crippen molar-refractivity contribution in [2.75, 3.05) is 16.4 Å². The van der Waals surface area contributed by atoms with Crippen molar-refractivity contribution in [3.63, 3.8) is 0 Å². The van der Waals surface area contributed by atoms with Gasteiger partial charge in [-0.1, -0.05) is 89.9 Å². The Labute approximate surface area is 184 Å². The Morgan fingerprint density at radius 1 is 0.733 bits per heavy atom. The topological polar surface area (TPSA) is 75.9 Å². The quantitative estimate of drug-likeness (QED) is 0.330. The number of hydrogen-bond acceptors (Lipinski definition) is 5. The van der Waals surface area contributed by atoms with Crippen molar-refractivity contribution in [2.24, 2.45) is 0 Å². The lowest BCUT2D eigenvalue weighted by atomic mass is 9.99. The molecule has 0 radical (unpaired) electrons. The molecule has 0 fully saturated rings. The summed E-state index contributed by atoms with van der Waals surface area (Å²) in [6.45, 7) is 0. The molecule has 0 saturated carbocycles. The van der Waals surface area contributed by atoms with Gasteiger partial charge in [0.05, 0.1) is 21.8 Å². The summed E-state index contributed by atoms with van der Waals surface area (Å²) in [5, 5.41) is 7.45. The second-order valence-electron chi connectivity index (χ2n) is 6.61. The predicted molar refractivity (Wildman–Crippen MR) is 125 cm³/mol. The first kappa shape index (κ1) is 20.0. The van der Waals surface area contributed by atoms with Crippen molar-refractivity contribution >= 4 is 46.2 Å². The van der Waals surface area contributed by atoms with Crippen LogP contribution in [0.25, 0.3) is 0 Å². The van der Waals surface area contributed by atoms with E-state index in [0.29, 0.717) is 33.1 Å². The van der Waals surface area contributed by atoms with Crippen molar-refractivity contribution < 1.29 is 0 Å². The number of nitrogen functional groups attached to an aromatic ring is 1. The zero-order valence-corrected chi connectivity index (χ0v) is 17.4. The van der Waals surface area contributed by atoms with Crippen molar-refractivity contribution in [3.8, 4) is 0 Å². The van der Waals surface area contributed by atoms with Gasteiger partial charge in [0.15, 0.2) is 11.6 Å². The third-order valence-corrected chi connectivity index (χ3v) is 5.45. The minimum Gasteiger partial charge on any atom is -0.393 e. The maximum absolute atomic E-state index is 6.40. The monoisotopic (exact) mass is 435 g/mol. The van der Waals surface area contributed by atoms with Crippen LogP contribution in [0.2, 0.25) is 10.0 Å². The van der Waals surface area contributed by atoms with Crippen molar-refractivity contribution in [1.29, 1.82) is 0 Å². The average molecular weight is 436 g/mol. The first-order chi connectivity index (χ1) is 14.6. The van der Waals surface area contributed by atoms with Gasteiger partial charge >= 0.3 is 0 Å². The zero-order chi connectivity index (χ0) is 20.9. The van der Waals surface area contributed by atoms with Gasteiger partial charge in [0, 0.05) is 0 Å². The minimum atomic E-state index is -0.132. The third kappa shape index (κ3) is 4.32. The van der Waals surface area contributed by atoms with Crippen LogP contribution in [-0.4, -0.2) is 9.97 Å². The van der Waals surface area contributed by atoms with Gasteiger partial charge in [-0.15, -0.1) is 0 Å². The van der Waals surface area contributed by atoms with Crippen molar-refractivity contribution in [3.05, 3.63) is 106 Å². The predicted octanol–water partition coefficient (Wildman–Crippen LogP) is 6.31. The summed E-state index contributed by atoms with van der Waals surface area (Å²) >= 11 is 12.4. The third-order valence-electron chi connectivity index (χ3n) is 4.64. The summed E-state index contributed by atoms with van der Waals surface area (Å²) in [7, 11) is 0. The highest BCUT2D eigenvalue weighted by Crippen LogP contribution is 2.35. The van der Waals surface area contributed by atoms with E-state index in [1.54, 1.807) is 18.2 Å². The minimum absolute atomic E-state index is 0.132. The molecule has 4 N–H and O–H groups in total. The Bertz CT molecular complexity index is 1100. The Morgan fingerprint density at radius 2 is 1.33 bits per heavy atom. The fourth-order valence-electron chi connectivity index (χ4n) is 3.12. The molecular weight excluding hydrogens is 417 g/mol. The molecule has 1 heterocycles. The first-order valence-electron chi connectivity index (χ1n) is 9.31. The molecule has 0 atom stereocenters. The molecule has 4 rings (SSSR count). The molecule has 0 aliphatic heterocycles. The summed E-state index contributed by atoms with van der Waals surface area (Å²) in [5.74, 6) is 0.958. The lowest BCUT2D eigenvalue weighted by Gasteiger charge is -2.22. The SMILES string of the molecule is Nc1c(Nc2cccc(Cl)c2Cl)ncnc1NC(c1ccccc1)c1ccccc1. The Hall–Kier alpha value is -3.28. The average Bonchev–Trinajstić information content (AvgIpc) is 2.78. The van der Waals surface area contributed by atoms with Crippen LogP contribution in [0.15, 0.2) is 85.2 Å². The number of benzene rings is 3. The van der Waals surface area contributed by atoms with Gasteiger partial charge in [0.2, 0.25) is 0 Å². The van der Waals surface area contributed by atoms with Gasteiger partial charge in [-0.3, -0.25) is 0 Å². The smallest absolute Gasteiger partial charge is 0.159 e. The fourth-order valence-corrected chi connectivity index (χ4v) is 3.47. The van der Waals surface area contributed by atoms with E-state index in [1.165, 1.54) is 6.33 Å². The zero-order valence-electron chi connectivity index (χ0n) is 15.9. The second-order valence-corrected chi connectivity index (χ2v) is 7.39. The molecule has 0 bridgehead atoms. The van der Waals surface area contributed by atoms with Crippen LogP contribution in [0.1, 0.15) is 17.2 Å². The standard InChI is InChI=1S/C23H19Cl2N5/c24-17-12-7-13-18(19(17)25)29-22-20(26)23(28-14-27-22)30-21(15-8-3-1-4-9-15)16-10-5-2-6-11-16/h1-14,21H,26H2,(H2,27,28,29,30). The molecule has 0 spiro atoms. The molecular formula is C23H19Cl2N5. The van der Waals surface area contributed by atoms with Crippen LogP contribution in [0.3, 0.4) is 0 Å². The number of rotatable bonds is 6. The molecule has 30 heavy (non-hydrogen) atoms. The lowest BCUT2D eigenvalue weighted by molar-refractivity contribution is 0.924. The molecule has 4 aromatic rings. The lowest BCUT2D eigenvalue weighted by Crippen LogP contribution is -2.15. The number of aromatic nitrogens is 2. The number of anilines is 4. The molecule has 0 amide bonds. The number of nitrogens with two attached hydrogens (primary N) is 1. The van der Waals surface area contributed by atoms with Gasteiger partial charge in [0.1, 0.15) is 12.0 Å². The second kappa shape index (κ2) is 9.03. The van der Waals surface area contributed by atoms with Crippen molar-refractivity contribution in [1.82, 2.24) is 9.97 Å². The van der Waals surface area contributed by atoms with E-state index >= 15 is 0 Å². The van der Waals surface area contributed by atoms with E-state index < -0.39 is 0 Å².